The highest BCUT2D eigenvalue weighted by Crippen LogP contribution is 2.39. The second-order valence-electron chi connectivity index (χ2n) is 5.67. The van der Waals surface area contributed by atoms with E-state index in [0.29, 0.717) is 35.4 Å². The summed E-state index contributed by atoms with van der Waals surface area (Å²) >= 11 is 7.05. The summed E-state index contributed by atoms with van der Waals surface area (Å²) in [4.78, 5) is 20.1. The van der Waals surface area contributed by atoms with E-state index in [-0.39, 0.29) is 16.5 Å². The molecule has 0 fully saturated rings. The number of nitrogens with one attached hydrogen (secondary N) is 1. The van der Waals surface area contributed by atoms with Crippen LogP contribution in [0, 0.1) is 10.1 Å². The summed E-state index contributed by atoms with van der Waals surface area (Å²) in [6, 6.07) is 12.2. The van der Waals surface area contributed by atoms with Gasteiger partial charge in [-0.15, -0.1) is 0 Å². The van der Waals surface area contributed by atoms with Crippen LogP contribution in [0.25, 0.3) is 0 Å². The lowest BCUT2D eigenvalue weighted by Crippen LogP contribution is -2.15. The summed E-state index contributed by atoms with van der Waals surface area (Å²) in [7, 11) is 0. The van der Waals surface area contributed by atoms with E-state index in [1.165, 1.54) is 6.33 Å². The molecule has 10 heteroatoms. The average molecular weight is 417 g/mol. The van der Waals surface area contributed by atoms with Crippen LogP contribution in [-0.4, -0.2) is 28.1 Å². The molecule has 142 valence electrons. The lowest BCUT2D eigenvalue weighted by atomic mass is 10.2. The van der Waals surface area contributed by atoms with Crippen LogP contribution in [0.1, 0.15) is 0 Å². The summed E-state index contributed by atoms with van der Waals surface area (Å²) in [5.74, 6) is 1.30. The molecule has 2 heterocycles. The summed E-state index contributed by atoms with van der Waals surface area (Å²) in [6.45, 7) is 0.939. The van der Waals surface area contributed by atoms with Gasteiger partial charge in [0.05, 0.1) is 4.92 Å². The number of fused-ring (bicyclic) bond motifs is 1. The first-order chi connectivity index (χ1) is 13.6. The lowest BCUT2D eigenvalue weighted by molar-refractivity contribution is -0.387. The first kappa shape index (κ1) is 18.3. The average Bonchev–Trinajstić information content (AvgIpc) is 2.69. The Morgan fingerprint density at radius 2 is 1.82 bits per heavy atom. The minimum absolute atomic E-state index is 0.0909. The molecule has 4 rings (SSSR count). The number of aromatic nitrogens is 2. The molecule has 0 amide bonds. The first-order valence-corrected chi connectivity index (χ1v) is 9.39. The maximum Gasteiger partial charge on any atom is 0.343 e. The van der Waals surface area contributed by atoms with Crippen molar-refractivity contribution in [2.45, 2.75) is 9.92 Å². The number of rotatable bonds is 5. The quantitative estimate of drug-likeness (QED) is 0.363. The molecule has 28 heavy (non-hydrogen) atoms. The molecule has 0 unspecified atom stereocenters. The molecule has 8 nitrogen and oxygen atoms in total. The third-order valence-corrected chi connectivity index (χ3v) is 5.06. The third-order valence-electron chi connectivity index (χ3n) is 3.80. The molecule has 0 aliphatic carbocycles. The van der Waals surface area contributed by atoms with Crippen molar-refractivity contribution in [3.8, 4) is 11.5 Å². The summed E-state index contributed by atoms with van der Waals surface area (Å²) in [5, 5.41) is 15.5. The van der Waals surface area contributed by atoms with Crippen LogP contribution in [0.2, 0.25) is 5.02 Å². The van der Waals surface area contributed by atoms with Crippen LogP contribution in [-0.2, 0) is 0 Å². The molecule has 3 aromatic rings. The van der Waals surface area contributed by atoms with Gasteiger partial charge in [0.15, 0.2) is 16.5 Å². The molecule has 0 radical (unpaired) electrons. The van der Waals surface area contributed by atoms with Crippen LogP contribution < -0.4 is 14.8 Å². The monoisotopic (exact) mass is 416 g/mol. The number of nitrogens with zero attached hydrogens (tertiary/aromatic N) is 3. The standard InChI is InChI=1S/C18H13ClN4O4S/c19-11-1-4-13(5-2-11)28-18-16(23(24)25)17(20-10-21-18)22-12-3-6-14-15(9-12)27-8-7-26-14/h1-6,9-10H,7-8H2,(H,20,21,22). The van der Waals surface area contributed by atoms with E-state index >= 15 is 0 Å². The number of ether oxygens (including phenoxy) is 2. The van der Waals surface area contributed by atoms with E-state index in [9.17, 15) is 10.1 Å². The second kappa shape index (κ2) is 7.91. The highest BCUT2D eigenvalue weighted by atomic mass is 35.5. The zero-order chi connectivity index (χ0) is 19.5. The number of benzene rings is 2. The Hall–Kier alpha value is -3.04. The smallest absolute Gasteiger partial charge is 0.343 e. The molecule has 2 aromatic carbocycles. The van der Waals surface area contributed by atoms with Crippen LogP contribution in [0.4, 0.5) is 17.2 Å². The fourth-order valence-corrected chi connectivity index (χ4v) is 3.55. The van der Waals surface area contributed by atoms with Gasteiger partial charge < -0.3 is 14.8 Å². The Morgan fingerprint density at radius 3 is 2.57 bits per heavy atom. The fourth-order valence-electron chi connectivity index (χ4n) is 2.57. The van der Waals surface area contributed by atoms with Crippen LogP contribution in [0.15, 0.2) is 58.7 Å². The Kier molecular flexibility index (Phi) is 5.18. The van der Waals surface area contributed by atoms with Crippen LogP contribution >= 0.6 is 23.4 Å². The second-order valence-corrected chi connectivity index (χ2v) is 7.17. The molecule has 1 aliphatic rings. The molecule has 1 aliphatic heterocycles. The van der Waals surface area contributed by atoms with Gasteiger partial charge in [0.25, 0.3) is 0 Å². The van der Waals surface area contributed by atoms with Gasteiger partial charge in [0.2, 0.25) is 5.82 Å². The van der Waals surface area contributed by atoms with Crippen molar-refractivity contribution in [1.29, 1.82) is 0 Å². The first-order valence-electron chi connectivity index (χ1n) is 8.19. The predicted octanol–water partition coefficient (Wildman–Crippen LogP) is 4.70. The number of hydrogen-bond donors (Lipinski definition) is 1. The van der Waals surface area contributed by atoms with Gasteiger partial charge in [-0.3, -0.25) is 10.1 Å². The molecule has 0 atom stereocenters. The van der Waals surface area contributed by atoms with Gasteiger partial charge in [0.1, 0.15) is 19.5 Å². The normalized spacial score (nSPS) is 12.5. The van der Waals surface area contributed by atoms with E-state index < -0.39 is 4.92 Å². The molecule has 0 saturated heterocycles. The molecule has 1 N–H and O–H groups in total. The molecule has 0 spiro atoms. The Morgan fingerprint density at radius 1 is 1.07 bits per heavy atom. The lowest BCUT2D eigenvalue weighted by Gasteiger charge is -2.19. The van der Waals surface area contributed by atoms with Gasteiger partial charge >= 0.3 is 5.69 Å². The van der Waals surface area contributed by atoms with E-state index in [0.717, 1.165) is 16.7 Å². The number of hydrogen-bond acceptors (Lipinski definition) is 8. The Bertz CT molecular complexity index is 1030. The van der Waals surface area contributed by atoms with Crippen molar-refractivity contribution < 1.29 is 14.4 Å². The van der Waals surface area contributed by atoms with Crippen molar-refractivity contribution in [1.82, 2.24) is 9.97 Å². The van der Waals surface area contributed by atoms with Gasteiger partial charge in [-0.25, -0.2) is 9.97 Å². The van der Waals surface area contributed by atoms with Gasteiger partial charge in [0, 0.05) is 21.7 Å². The molecular weight excluding hydrogens is 404 g/mol. The number of nitro groups is 1. The van der Waals surface area contributed by atoms with Gasteiger partial charge in [-0.05, 0) is 36.4 Å². The van der Waals surface area contributed by atoms with Crippen molar-refractivity contribution in [3.63, 3.8) is 0 Å². The third kappa shape index (κ3) is 3.95. The highest BCUT2D eigenvalue weighted by Gasteiger charge is 2.24. The highest BCUT2D eigenvalue weighted by molar-refractivity contribution is 7.99. The van der Waals surface area contributed by atoms with Gasteiger partial charge in [-0.1, -0.05) is 23.4 Å². The number of anilines is 2. The van der Waals surface area contributed by atoms with Crippen molar-refractivity contribution in [3.05, 3.63) is 63.9 Å². The Balaban J connectivity index is 1.65. The fraction of sp³-hybridized carbons (Fsp3) is 0.111. The van der Waals surface area contributed by atoms with Crippen molar-refractivity contribution in [2.24, 2.45) is 0 Å². The summed E-state index contributed by atoms with van der Waals surface area (Å²) in [5.41, 5.74) is 0.380. The maximum absolute atomic E-state index is 11.7. The summed E-state index contributed by atoms with van der Waals surface area (Å²) in [6.07, 6.45) is 1.28. The molecule has 1 aromatic heterocycles. The zero-order valence-electron chi connectivity index (χ0n) is 14.3. The molecule has 0 bridgehead atoms. The zero-order valence-corrected chi connectivity index (χ0v) is 15.9. The molecule has 0 saturated carbocycles. The van der Waals surface area contributed by atoms with E-state index in [2.05, 4.69) is 15.3 Å². The summed E-state index contributed by atoms with van der Waals surface area (Å²) < 4.78 is 11.0. The van der Waals surface area contributed by atoms with E-state index in [1.807, 2.05) is 0 Å². The van der Waals surface area contributed by atoms with Crippen LogP contribution in [0.5, 0.6) is 11.5 Å². The van der Waals surface area contributed by atoms with Crippen LogP contribution in [0.3, 0.4) is 0 Å². The largest absolute Gasteiger partial charge is 0.486 e. The predicted molar refractivity (Wildman–Crippen MR) is 105 cm³/mol. The molecular formula is C18H13ClN4O4S. The number of halogens is 1. The minimum Gasteiger partial charge on any atom is -0.486 e. The van der Waals surface area contributed by atoms with E-state index in [1.54, 1.807) is 42.5 Å². The van der Waals surface area contributed by atoms with Crippen molar-refractivity contribution >= 4 is 40.6 Å². The van der Waals surface area contributed by atoms with Gasteiger partial charge in [-0.2, -0.15) is 0 Å². The SMILES string of the molecule is O=[N+]([O-])c1c(Nc2ccc3c(c2)OCCO3)ncnc1Sc1ccc(Cl)cc1. The van der Waals surface area contributed by atoms with E-state index in [4.69, 9.17) is 21.1 Å². The topological polar surface area (TPSA) is 99.4 Å². The maximum atomic E-state index is 11.7. The van der Waals surface area contributed by atoms with Crippen molar-refractivity contribution in [2.75, 3.05) is 18.5 Å². The minimum atomic E-state index is -0.501. The Labute approximate surface area is 169 Å².